The van der Waals surface area contributed by atoms with E-state index in [0.717, 1.165) is 67.7 Å². The SMILES string of the molecule is O=C(c1c[nH]c2ccc(CN3CCOCC3)cc2c1=O)N(Cc1ccc(Cl)cc1)c1cccc(CCCCCO)c1. The van der Waals surface area contributed by atoms with Crippen molar-refractivity contribution in [3.63, 3.8) is 0 Å². The van der Waals surface area contributed by atoms with Crippen LogP contribution < -0.4 is 10.3 Å². The van der Waals surface area contributed by atoms with Crippen LogP contribution in [-0.4, -0.2) is 53.8 Å². The van der Waals surface area contributed by atoms with Crippen LogP contribution in [0, 0.1) is 0 Å². The molecule has 0 atom stereocenters. The van der Waals surface area contributed by atoms with Gasteiger partial charge in [0, 0.05) is 54.1 Å². The Bertz CT molecular complexity index is 1530. The van der Waals surface area contributed by atoms with E-state index < -0.39 is 0 Å². The summed E-state index contributed by atoms with van der Waals surface area (Å²) in [5.74, 6) is -0.362. The van der Waals surface area contributed by atoms with Gasteiger partial charge < -0.3 is 19.7 Å². The molecule has 0 bridgehead atoms. The second kappa shape index (κ2) is 13.9. The van der Waals surface area contributed by atoms with Crippen molar-refractivity contribution in [3.8, 4) is 0 Å². The van der Waals surface area contributed by atoms with E-state index in [1.165, 1.54) is 6.20 Å². The van der Waals surface area contributed by atoms with Crippen molar-refractivity contribution in [1.29, 1.82) is 0 Å². The van der Waals surface area contributed by atoms with Gasteiger partial charge in [-0.25, -0.2) is 0 Å². The lowest BCUT2D eigenvalue weighted by atomic mass is 10.0. The first-order chi connectivity index (χ1) is 20.0. The van der Waals surface area contributed by atoms with Crippen LogP contribution in [-0.2, 0) is 24.2 Å². The summed E-state index contributed by atoms with van der Waals surface area (Å²) in [5, 5.41) is 10.2. The van der Waals surface area contributed by atoms with Crippen molar-refractivity contribution in [3.05, 3.63) is 110 Å². The average Bonchev–Trinajstić information content (AvgIpc) is 3.00. The molecule has 7 nitrogen and oxygen atoms in total. The molecule has 2 N–H and O–H groups in total. The van der Waals surface area contributed by atoms with Gasteiger partial charge in [-0.1, -0.05) is 48.4 Å². The molecule has 0 saturated carbocycles. The molecule has 1 aliphatic rings. The smallest absolute Gasteiger partial charge is 0.264 e. The van der Waals surface area contributed by atoms with Crippen LogP contribution >= 0.6 is 11.6 Å². The van der Waals surface area contributed by atoms with Gasteiger partial charge in [0.15, 0.2) is 0 Å². The molecular weight excluding hydrogens is 538 g/mol. The van der Waals surface area contributed by atoms with Crippen LogP contribution in [0.2, 0.25) is 5.02 Å². The zero-order chi connectivity index (χ0) is 28.6. The van der Waals surface area contributed by atoms with E-state index in [0.29, 0.717) is 35.7 Å². The van der Waals surface area contributed by atoms with Crippen molar-refractivity contribution < 1.29 is 14.6 Å². The number of H-pyrrole nitrogens is 1. The topological polar surface area (TPSA) is 85.9 Å². The number of aliphatic hydroxyl groups is 1. The highest BCUT2D eigenvalue weighted by Crippen LogP contribution is 2.24. The minimum atomic E-state index is -0.362. The molecular formula is C33H36ClN3O4. The van der Waals surface area contributed by atoms with E-state index in [-0.39, 0.29) is 23.5 Å². The van der Waals surface area contributed by atoms with Gasteiger partial charge in [0.1, 0.15) is 5.56 Å². The molecule has 2 heterocycles. The van der Waals surface area contributed by atoms with E-state index in [1.54, 1.807) is 17.0 Å². The van der Waals surface area contributed by atoms with Crippen molar-refractivity contribution >= 4 is 34.1 Å². The van der Waals surface area contributed by atoms with Crippen LogP contribution in [0.4, 0.5) is 5.69 Å². The van der Waals surface area contributed by atoms with Crippen LogP contribution in [0.15, 0.2) is 77.7 Å². The standard InChI is InChI=1S/C33H36ClN3O4/c34-27-11-8-25(9-12-27)23-37(28-7-4-6-24(19-28)5-2-1-3-16-38)33(40)30-21-35-31-13-10-26(20-29(31)32(30)39)22-36-14-17-41-18-15-36/h4,6-13,19-21,38H,1-3,5,14-18,22-23H2,(H,35,39). The van der Waals surface area contributed by atoms with Gasteiger partial charge in [0.25, 0.3) is 5.91 Å². The van der Waals surface area contributed by atoms with Crippen molar-refractivity contribution in [2.75, 3.05) is 37.8 Å². The lowest BCUT2D eigenvalue weighted by Gasteiger charge is -2.26. The molecule has 5 rings (SSSR count). The van der Waals surface area contributed by atoms with Crippen LogP contribution in [0.25, 0.3) is 10.9 Å². The number of amides is 1. The van der Waals surface area contributed by atoms with Crippen molar-refractivity contribution in [2.45, 2.75) is 38.8 Å². The monoisotopic (exact) mass is 573 g/mol. The number of hydrogen-bond donors (Lipinski definition) is 2. The number of rotatable bonds is 11. The molecule has 0 radical (unpaired) electrons. The normalized spacial score (nSPS) is 13.9. The number of nitrogens with one attached hydrogen (secondary N) is 1. The zero-order valence-corrected chi connectivity index (χ0v) is 23.9. The second-order valence-corrected chi connectivity index (χ2v) is 11.0. The van der Waals surface area contributed by atoms with E-state index in [1.807, 2.05) is 54.6 Å². The summed E-state index contributed by atoms with van der Waals surface area (Å²) in [6.45, 7) is 4.34. The fourth-order valence-corrected chi connectivity index (χ4v) is 5.36. The Labute approximate surface area is 245 Å². The average molecular weight is 574 g/mol. The van der Waals surface area contributed by atoms with E-state index in [4.69, 9.17) is 21.4 Å². The Morgan fingerprint density at radius 2 is 1.73 bits per heavy atom. The molecule has 214 valence electrons. The summed E-state index contributed by atoms with van der Waals surface area (Å²) < 4.78 is 5.46. The molecule has 3 aromatic carbocycles. The summed E-state index contributed by atoms with van der Waals surface area (Å²) in [6.07, 6.45) is 5.04. The quantitative estimate of drug-likeness (QED) is 0.229. The number of morpholine rings is 1. The van der Waals surface area contributed by atoms with Crippen LogP contribution in [0.1, 0.15) is 46.3 Å². The maximum Gasteiger partial charge on any atom is 0.264 e. The first-order valence-electron chi connectivity index (χ1n) is 14.2. The number of carbonyl (C=O) groups excluding carboxylic acids is 1. The maximum absolute atomic E-state index is 14.1. The molecule has 1 aliphatic heterocycles. The minimum Gasteiger partial charge on any atom is -0.396 e. The first-order valence-corrected chi connectivity index (χ1v) is 14.6. The molecule has 41 heavy (non-hydrogen) atoms. The van der Waals surface area contributed by atoms with Gasteiger partial charge in [-0.2, -0.15) is 0 Å². The van der Waals surface area contributed by atoms with Crippen molar-refractivity contribution in [2.24, 2.45) is 0 Å². The molecule has 1 fully saturated rings. The van der Waals surface area contributed by atoms with Gasteiger partial charge in [-0.05, 0) is 72.4 Å². The molecule has 4 aromatic rings. The Hall–Kier alpha value is -3.49. The number of nitrogens with zero attached hydrogens (tertiary/aromatic N) is 2. The number of halogens is 1. The van der Waals surface area contributed by atoms with Crippen LogP contribution in [0.3, 0.4) is 0 Å². The summed E-state index contributed by atoms with van der Waals surface area (Å²) >= 11 is 6.12. The summed E-state index contributed by atoms with van der Waals surface area (Å²) in [7, 11) is 0. The number of fused-ring (bicyclic) bond motifs is 1. The number of pyridine rings is 1. The number of hydrogen-bond acceptors (Lipinski definition) is 5. The Morgan fingerprint density at radius 3 is 2.51 bits per heavy atom. The number of aromatic nitrogens is 1. The summed E-state index contributed by atoms with van der Waals surface area (Å²) in [5.41, 5.74) is 4.28. The lowest BCUT2D eigenvalue weighted by Crippen LogP contribution is -2.35. The summed E-state index contributed by atoms with van der Waals surface area (Å²) in [6, 6.07) is 21.1. The van der Waals surface area contributed by atoms with E-state index in [2.05, 4.69) is 9.88 Å². The number of aromatic amines is 1. The number of benzene rings is 3. The summed E-state index contributed by atoms with van der Waals surface area (Å²) in [4.78, 5) is 35.0. The van der Waals surface area contributed by atoms with Gasteiger partial charge in [-0.15, -0.1) is 0 Å². The first kappa shape index (κ1) is 29.0. The zero-order valence-electron chi connectivity index (χ0n) is 23.2. The fourth-order valence-electron chi connectivity index (χ4n) is 5.24. The number of aliphatic hydroxyl groups excluding tert-OH is 1. The minimum absolute atomic E-state index is 0.100. The molecule has 1 amide bonds. The predicted octanol–water partition coefficient (Wildman–Crippen LogP) is 5.57. The maximum atomic E-state index is 14.1. The van der Waals surface area contributed by atoms with E-state index >= 15 is 0 Å². The molecule has 1 aromatic heterocycles. The lowest BCUT2D eigenvalue weighted by molar-refractivity contribution is 0.0342. The third kappa shape index (κ3) is 7.43. The Balaban J connectivity index is 1.47. The molecule has 0 unspecified atom stereocenters. The van der Waals surface area contributed by atoms with Gasteiger partial charge >= 0.3 is 0 Å². The van der Waals surface area contributed by atoms with Gasteiger partial charge in [-0.3, -0.25) is 14.5 Å². The Morgan fingerprint density at radius 1 is 0.951 bits per heavy atom. The highest BCUT2D eigenvalue weighted by molar-refractivity contribution is 6.30. The second-order valence-electron chi connectivity index (χ2n) is 10.5. The molecule has 0 aliphatic carbocycles. The van der Waals surface area contributed by atoms with E-state index in [9.17, 15) is 9.59 Å². The largest absolute Gasteiger partial charge is 0.396 e. The molecule has 1 saturated heterocycles. The number of anilines is 1. The third-order valence-electron chi connectivity index (χ3n) is 7.53. The predicted molar refractivity (Wildman–Crippen MR) is 164 cm³/mol. The van der Waals surface area contributed by atoms with Crippen LogP contribution in [0.5, 0.6) is 0 Å². The number of carbonyl (C=O) groups is 1. The number of aryl methyl sites for hydroxylation is 1. The number of ether oxygens (including phenoxy) is 1. The van der Waals surface area contributed by atoms with Crippen molar-refractivity contribution in [1.82, 2.24) is 9.88 Å². The van der Waals surface area contributed by atoms with Gasteiger partial charge in [0.05, 0.1) is 19.8 Å². The Kier molecular flexibility index (Phi) is 9.85. The van der Waals surface area contributed by atoms with Gasteiger partial charge in [0.2, 0.25) is 5.43 Å². The molecule has 0 spiro atoms. The highest BCUT2D eigenvalue weighted by atomic mass is 35.5. The number of unbranched alkanes of at least 4 members (excludes halogenated alkanes) is 2. The third-order valence-corrected chi connectivity index (χ3v) is 7.78. The highest BCUT2D eigenvalue weighted by Gasteiger charge is 2.23. The molecule has 8 heteroatoms. The fraction of sp³-hybridized carbons (Fsp3) is 0.333.